The molecule has 0 saturated carbocycles. The van der Waals surface area contributed by atoms with Gasteiger partial charge < -0.3 is 24.4 Å². The highest BCUT2D eigenvalue weighted by atomic mass is 16.5. The largest absolute Gasteiger partial charge is 0.488 e. The summed E-state index contributed by atoms with van der Waals surface area (Å²) < 4.78 is 16.7. The van der Waals surface area contributed by atoms with Gasteiger partial charge in [0.2, 0.25) is 5.95 Å². The van der Waals surface area contributed by atoms with Crippen LogP contribution >= 0.6 is 0 Å². The molecule has 11 nitrogen and oxygen atoms in total. The number of nitrogens with one attached hydrogen (secondary N) is 1. The fraction of sp³-hybridized carbons (Fsp3) is 0.448. The van der Waals surface area contributed by atoms with Crippen LogP contribution < -0.4 is 15.0 Å². The number of likely N-dealkylation sites (tertiary alicyclic amines) is 1. The van der Waals surface area contributed by atoms with Crippen molar-refractivity contribution in [2.45, 2.75) is 18.6 Å². The molecule has 0 bridgehead atoms. The molecule has 40 heavy (non-hydrogen) atoms. The number of benzene rings is 2. The maximum Gasteiger partial charge on any atom is 0.230 e. The lowest BCUT2D eigenvalue weighted by Crippen LogP contribution is -2.56. The highest BCUT2D eigenvalue weighted by Gasteiger charge is 2.29. The van der Waals surface area contributed by atoms with Crippen LogP contribution in [-0.2, 0) is 9.47 Å². The van der Waals surface area contributed by atoms with Gasteiger partial charge in [0.15, 0.2) is 5.82 Å². The van der Waals surface area contributed by atoms with Crippen molar-refractivity contribution in [3.8, 4) is 23.2 Å². The second kappa shape index (κ2) is 12.1. The van der Waals surface area contributed by atoms with E-state index in [1.54, 1.807) is 13.2 Å². The predicted molar refractivity (Wildman–Crippen MR) is 151 cm³/mol. The molecule has 6 rings (SSSR count). The van der Waals surface area contributed by atoms with Crippen molar-refractivity contribution in [1.82, 2.24) is 24.8 Å². The molecular weight excluding hydrogens is 508 g/mol. The summed E-state index contributed by atoms with van der Waals surface area (Å²) in [7, 11) is 1.69. The Hall–Kier alpha value is -3.82. The van der Waals surface area contributed by atoms with Crippen molar-refractivity contribution in [1.29, 1.82) is 5.26 Å². The second-order valence-electron chi connectivity index (χ2n) is 10.4. The van der Waals surface area contributed by atoms with Gasteiger partial charge in [-0.1, -0.05) is 0 Å². The van der Waals surface area contributed by atoms with E-state index in [1.807, 2.05) is 24.3 Å². The molecule has 2 aromatic carbocycles. The molecule has 3 aromatic rings. The molecule has 0 unspecified atom stereocenters. The number of rotatable bonds is 9. The smallest absolute Gasteiger partial charge is 0.230 e. The first-order chi connectivity index (χ1) is 19.7. The van der Waals surface area contributed by atoms with E-state index in [-0.39, 0.29) is 6.10 Å². The lowest BCUT2D eigenvalue weighted by molar-refractivity contribution is -0.0660. The topological polar surface area (TPSA) is 112 Å². The number of piperazine rings is 1. The molecule has 0 radical (unpaired) electrons. The van der Waals surface area contributed by atoms with Crippen LogP contribution in [0.25, 0.3) is 11.4 Å². The molecule has 3 saturated heterocycles. The van der Waals surface area contributed by atoms with E-state index < -0.39 is 0 Å². The summed E-state index contributed by atoms with van der Waals surface area (Å²) in [6.45, 7) is 8.17. The molecule has 208 valence electrons. The summed E-state index contributed by atoms with van der Waals surface area (Å²) in [5, 5.41) is 13.1. The normalized spacial score (nSPS) is 20.2. The van der Waals surface area contributed by atoms with Crippen molar-refractivity contribution in [2.75, 3.05) is 76.5 Å². The predicted octanol–water partition coefficient (Wildman–Crippen LogP) is 2.73. The van der Waals surface area contributed by atoms with E-state index in [0.29, 0.717) is 35.9 Å². The van der Waals surface area contributed by atoms with Gasteiger partial charge in [-0.25, -0.2) is 9.97 Å². The van der Waals surface area contributed by atoms with Gasteiger partial charge in [0.1, 0.15) is 24.3 Å². The number of anilines is 3. The number of hydrogen-bond donors (Lipinski definition) is 1. The third-order valence-corrected chi connectivity index (χ3v) is 7.70. The summed E-state index contributed by atoms with van der Waals surface area (Å²) in [5.74, 6) is 1.50. The van der Waals surface area contributed by atoms with Crippen molar-refractivity contribution in [3.63, 3.8) is 0 Å². The van der Waals surface area contributed by atoms with Gasteiger partial charge in [0.05, 0.1) is 31.5 Å². The first-order valence-electron chi connectivity index (χ1n) is 13.7. The minimum atomic E-state index is 0.0273. The van der Waals surface area contributed by atoms with Gasteiger partial charge in [-0.15, -0.1) is 0 Å². The van der Waals surface area contributed by atoms with E-state index in [1.165, 1.54) is 12.0 Å². The molecule has 1 aromatic heterocycles. The summed E-state index contributed by atoms with van der Waals surface area (Å²) in [6, 6.07) is 16.7. The molecule has 1 atom stereocenters. The molecule has 3 aliphatic rings. The number of nitrogens with zero attached hydrogens (tertiary/aromatic N) is 7. The Morgan fingerprint density at radius 1 is 1.05 bits per heavy atom. The van der Waals surface area contributed by atoms with Crippen LogP contribution in [0, 0.1) is 11.3 Å². The number of nitriles is 1. The molecule has 4 heterocycles. The Balaban J connectivity index is 1.08. The molecule has 3 fully saturated rings. The van der Waals surface area contributed by atoms with Gasteiger partial charge >= 0.3 is 0 Å². The van der Waals surface area contributed by atoms with E-state index in [4.69, 9.17) is 14.2 Å². The van der Waals surface area contributed by atoms with E-state index >= 15 is 0 Å². The minimum absolute atomic E-state index is 0.0273. The maximum atomic E-state index is 9.78. The fourth-order valence-electron chi connectivity index (χ4n) is 5.39. The van der Waals surface area contributed by atoms with Crippen LogP contribution in [0.5, 0.6) is 5.75 Å². The number of aromatic nitrogens is 3. The molecular formula is C29H34N8O3. The highest BCUT2D eigenvalue weighted by Crippen LogP contribution is 2.28. The summed E-state index contributed by atoms with van der Waals surface area (Å²) in [6.07, 6.45) is 2.40. The fourth-order valence-corrected chi connectivity index (χ4v) is 5.39. The van der Waals surface area contributed by atoms with Crippen molar-refractivity contribution < 1.29 is 14.2 Å². The van der Waals surface area contributed by atoms with Gasteiger partial charge in [-0.05, 0) is 48.9 Å². The molecule has 1 N–H and O–H groups in total. The second-order valence-corrected chi connectivity index (χ2v) is 10.4. The van der Waals surface area contributed by atoms with Crippen molar-refractivity contribution >= 4 is 17.3 Å². The van der Waals surface area contributed by atoms with Gasteiger partial charge in [-0.2, -0.15) is 10.2 Å². The van der Waals surface area contributed by atoms with Crippen LogP contribution in [0.3, 0.4) is 0 Å². The van der Waals surface area contributed by atoms with Crippen molar-refractivity contribution in [2.24, 2.45) is 0 Å². The molecule has 0 amide bonds. The quantitative estimate of drug-likeness (QED) is 0.431. The van der Waals surface area contributed by atoms with Crippen LogP contribution in [0.4, 0.5) is 17.3 Å². The molecule has 3 aliphatic heterocycles. The van der Waals surface area contributed by atoms with E-state index in [0.717, 1.165) is 70.2 Å². The standard InChI is InChI=1S/C29H34N8O3/c1-38-20-35-9-8-26(16-35)40-27-7-2-21(14-22(27)15-30)28-31-19-32-29(34-28)33-23-3-5-24(6-4-23)36-10-12-37(13-11-36)25-17-39-18-25/h2-7,14,19,25-26H,8-13,16-18,20H2,1H3,(H,31,32,33,34)/t26-/m1/s1. The first-order valence-corrected chi connectivity index (χ1v) is 13.7. The van der Waals surface area contributed by atoms with E-state index in [9.17, 15) is 5.26 Å². The Kier molecular flexibility index (Phi) is 8.02. The average molecular weight is 543 g/mol. The first kappa shape index (κ1) is 26.4. The third kappa shape index (κ3) is 6.00. The van der Waals surface area contributed by atoms with Crippen molar-refractivity contribution in [3.05, 3.63) is 54.4 Å². The lowest BCUT2D eigenvalue weighted by atomic mass is 10.1. The lowest BCUT2D eigenvalue weighted by Gasteiger charge is -2.43. The maximum absolute atomic E-state index is 9.78. The molecule has 0 spiro atoms. The van der Waals surface area contributed by atoms with Crippen LogP contribution in [0.15, 0.2) is 48.8 Å². The Morgan fingerprint density at radius 3 is 2.60 bits per heavy atom. The third-order valence-electron chi connectivity index (χ3n) is 7.70. The zero-order valence-electron chi connectivity index (χ0n) is 22.7. The van der Waals surface area contributed by atoms with Crippen LogP contribution in [0.2, 0.25) is 0 Å². The van der Waals surface area contributed by atoms with Gasteiger partial charge in [-0.3, -0.25) is 9.80 Å². The zero-order chi connectivity index (χ0) is 27.3. The Bertz CT molecular complexity index is 1340. The Morgan fingerprint density at radius 2 is 1.88 bits per heavy atom. The number of hydrogen-bond acceptors (Lipinski definition) is 11. The molecule has 0 aliphatic carbocycles. The summed E-state index contributed by atoms with van der Waals surface area (Å²) >= 11 is 0. The Labute approximate surface area is 234 Å². The number of methoxy groups -OCH3 is 1. The SMILES string of the molecule is COCN1CC[C@@H](Oc2ccc(-c3ncnc(Nc4ccc(N5CCN(C6COC6)CC5)cc4)n3)cc2C#N)C1. The summed E-state index contributed by atoms with van der Waals surface area (Å²) in [5.41, 5.74) is 3.29. The monoisotopic (exact) mass is 542 g/mol. The summed E-state index contributed by atoms with van der Waals surface area (Å²) in [4.78, 5) is 20.4. The molecule has 11 heteroatoms. The van der Waals surface area contributed by atoms with Crippen LogP contribution in [-0.4, -0.2) is 103 Å². The van der Waals surface area contributed by atoms with Gasteiger partial charge in [0.25, 0.3) is 0 Å². The highest BCUT2D eigenvalue weighted by molar-refractivity contribution is 5.64. The minimum Gasteiger partial charge on any atom is -0.488 e. The number of ether oxygens (including phenoxy) is 3. The van der Waals surface area contributed by atoms with Crippen LogP contribution in [0.1, 0.15) is 12.0 Å². The zero-order valence-corrected chi connectivity index (χ0v) is 22.7. The van der Waals surface area contributed by atoms with E-state index in [2.05, 4.69) is 53.2 Å². The van der Waals surface area contributed by atoms with Gasteiger partial charge in [0, 0.05) is 63.3 Å². The average Bonchev–Trinajstić information content (AvgIpc) is 3.40.